The van der Waals surface area contributed by atoms with Gasteiger partial charge in [0.2, 0.25) is 0 Å². The van der Waals surface area contributed by atoms with Crippen LogP contribution in [0.5, 0.6) is 0 Å². The van der Waals surface area contributed by atoms with Gasteiger partial charge in [-0.05, 0) is 6.92 Å². The van der Waals surface area contributed by atoms with Gasteiger partial charge < -0.3 is 10.5 Å². The van der Waals surface area contributed by atoms with E-state index in [0.29, 0.717) is 17.2 Å². The summed E-state index contributed by atoms with van der Waals surface area (Å²) in [6.07, 6.45) is 1.65. The zero-order valence-electron chi connectivity index (χ0n) is 7.57. The lowest BCUT2D eigenvalue weighted by atomic mass is 10.2. The lowest BCUT2D eigenvalue weighted by molar-refractivity contribution is -0.139. The summed E-state index contributed by atoms with van der Waals surface area (Å²) in [4.78, 5) is 18.7. The van der Waals surface area contributed by atoms with Crippen molar-refractivity contribution in [2.75, 3.05) is 12.8 Å². The van der Waals surface area contributed by atoms with Crippen LogP contribution in [-0.4, -0.2) is 23.0 Å². The van der Waals surface area contributed by atoms with Gasteiger partial charge in [0.05, 0.1) is 13.5 Å². The summed E-state index contributed by atoms with van der Waals surface area (Å²) < 4.78 is 4.49. The third kappa shape index (κ3) is 2.40. The molecule has 0 aliphatic rings. The summed E-state index contributed by atoms with van der Waals surface area (Å²) in [7, 11) is 1.33. The van der Waals surface area contributed by atoms with Crippen molar-refractivity contribution < 1.29 is 9.53 Å². The zero-order chi connectivity index (χ0) is 9.84. The maximum atomic E-state index is 10.9. The molecule has 0 spiro atoms. The number of hydrogen-bond acceptors (Lipinski definition) is 5. The number of carbonyl (C=O) groups excluding carboxylic acids is 1. The molecule has 70 valence electrons. The Labute approximate surface area is 75.9 Å². The van der Waals surface area contributed by atoms with Crippen LogP contribution in [0.3, 0.4) is 0 Å². The van der Waals surface area contributed by atoms with Gasteiger partial charge in [-0.15, -0.1) is 0 Å². The Morgan fingerprint density at radius 1 is 1.69 bits per heavy atom. The molecule has 13 heavy (non-hydrogen) atoms. The van der Waals surface area contributed by atoms with Crippen LogP contribution in [0.4, 0.5) is 5.82 Å². The third-order valence-electron chi connectivity index (χ3n) is 1.58. The van der Waals surface area contributed by atoms with Crippen LogP contribution in [0.25, 0.3) is 0 Å². The smallest absolute Gasteiger partial charge is 0.310 e. The topological polar surface area (TPSA) is 78.1 Å². The van der Waals surface area contributed by atoms with E-state index in [0.717, 1.165) is 0 Å². The van der Waals surface area contributed by atoms with Gasteiger partial charge in [-0.25, -0.2) is 9.97 Å². The SMILES string of the molecule is COC(=O)Cc1cnc(C)nc1N. The first-order chi connectivity index (χ1) is 6.13. The Morgan fingerprint density at radius 2 is 2.38 bits per heavy atom. The molecule has 0 aliphatic carbocycles. The molecule has 2 N–H and O–H groups in total. The molecular formula is C8H11N3O2. The molecule has 5 heteroatoms. The molecule has 0 unspecified atom stereocenters. The summed E-state index contributed by atoms with van der Waals surface area (Å²) in [5.74, 6) is 0.572. The van der Waals surface area contributed by atoms with Crippen molar-refractivity contribution in [3.8, 4) is 0 Å². The monoisotopic (exact) mass is 181 g/mol. The molecule has 1 rings (SSSR count). The average molecular weight is 181 g/mol. The van der Waals surface area contributed by atoms with E-state index in [1.165, 1.54) is 13.3 Å². The van der Waals surface area contributed by atoms with Crippen molar-refractivity contribution in [1.82, 2.24) is 9.97 Å². The summed E-state index contributed by atoms with van der Waals surface area (Å²) in [5, 5.41) is 0. The van der Waals surface area contributed by atoms with Gasteiger partial charge in [0, 0.05) is 11.8 Å². The fourth-order valence-corrected chi connectivity index (χ4v) is 0.876. The minimum Gasteiger partial charge on any atom is -0.469 e. The second-order valence-electron chi connectivity index (χ2n) is 2.58. The molecule has 0 aliphatic heterocycles. The highest BCUT2D eigenvalue weighted by molar-refractivity contribution is 5.73. The van der Waals surface area contributed by atoms with E-state index in [2.05, 4.69) is 14.7 Å². The predicted octanol–water partition coefficient (Wildman–Crippen LogP) is 0.0827. The van der Waals surface area contributed by atoms with Crippen molar-refractivity contribution >= 4 is 11.8 Å². The molecular weight excluding hydrogens is 170 g/mol. The van der Waals surface area contributed by atoms with Gasteiger partial charge in [-0.3, -0.25) is 4.79 Å². The second-order valence-corrected chi connectivity index (χ2v) is 2.58. The fourth-order valence-electron chi connectivity index (χ4n) is 0.876. The zero-order valence-corrected chi connectivity index (χ0v) is 7.57. The van der Waals surface area contributed by atoms with Crippen molar-refractivity contribution in [1.29, 1.82) is 0 Å². The number of esters is 1. The van der Waals surface area contributed by atoms with E-state index in [1.807, 2.05) is 0 Å². The first-order valence-corrected chi connectivity index (χ1v) is 3.78. The lowest BCUT2D eigenvalue weighted by Gasteiger charge is -2.02. The summed E-state index contributed by atoms with van der Waals surface area (Å²) >= 11 is 0. The van der Waals surface area contributed by atoms with Gasteiger partial charge in [-0.2, -0.15) is 0 Å². The first kappa shape index (κ1) is 9.44. The number of methoxy groups -OCH3 is 1. The van der Waals surface area contributed by atoms with Crippen LogP contribution in [0.1, 0.15) is 11.4 Å². The summed E-state index contributed by atoms with van der Waals surface area (Å²) in [6.45, 7) is 1.73. The minimum atomic E-state index is -0.348. The number of aryl methyl sites for hydroxylation is 1. The number of nitrogen functional groups attached to an aromatic ring is 1. The molecule has 0 saturated heterocycles. The highest BCUT2D eigenvalue weighted by Crippen LogP contribution is 2.08. The molecule has 0 bridgehead atoms. The van der Waals surface area contributed by atoms with E-state index in [-0.39, 0.29) is 12.4 Å². The van der Waals surface area contributed by atoms with Gasteiger partial charge in [0.15, 0.2) is 0 Å². The first-order valence-electron chi connectivity index (χ1n) is 3.78. The van der Waals surface area contributed by atoms with Gasteiger partial charge in [-0.1, -0.05) is 0 Å². The van der Waals surface area contributed by atoms with E-state index in [4.69, 9.17) is 5.73 Å². The Bertz CT molecular complexity index is 325. The third-order valence-corrected chi connectivity index (χ3v) is 1.58. The van der Waals surface area contributed by atoms with E-state index < -0.39 is 0 Å². The molecule has 5 nitrogen and oxygen atoms in total. The molecule has 0 amide bonds. The number of hydrogen-bond donors (Lipinski definition) is 1. The predicted molar refractivity (Wildman–Crippen MR) is 46.9 cm³/mol. The van der Waals surface area contributed by atoms with Crippen LogP contribution < -0.4 is 5.73 Å². The van der Waals surface area contributed by atoms with Gasteiger partial charge >= 0.3 is 5.97 Å². The van der Waals surface area contributed by atoms with Crippen LogP contribution in [0, 0.1) is 6.92 Å². The van der Waals surface area contributed by atoms with Crippen LogP contribution >= 0.6 is 0 Å². The highest BCUT2D eigenvalue weighted by Gasteiger charge is 2.07. The normalized spacial score (nSPS) is 9.69. The maximum absolute atomic E-state index is 10.9. The highest BCUT2D eigenvalue weighted by atomic mass is 16.5. The molecule has 1 aromatic heterocycles. The van der Waals surface area contributed by atoms with Crippen LogP contribution in [0.15, 0.2) is 6.20 Å². The largest absolute Gasteiger partial charge is 0.469 e. The van der Waals surface area contributed by atoms with Crippen molar-refractivity contribution in [2.24, 2.45) is 0 Å². The number of aromatic nitrogens is 2. The molecule has 0 fully saturated rings. The molecule has 0 atom stereocenters. The van der Waals surface area contributed by atoms with Crippen LogP contribution in [-0.2, 0) is 16.0 Å². The Morgan fingerprint density at radius 3 is 2.92 bits per heavy atom. The van der Waals surface area contributed by atoms with Gasteiger partial charge in [0.1, 0.15) is 11.6 Å². The van der Waals surface area contributed by atoms with Crippen molar-refractivity contribution in [2.45, 2.75) is 13.3 Å². The molecule has 1 heterocycles. The van der Waals surface area contributed by atoms with E-state index in [9.17, 15) is 4.79 Å². The Kier molecular flexibility index (Phi) is 2.79. The number of carbonyl (C=O) groups is 1. The number of nitrogens with zero attached hydrogens (tertiary/aromatic N) is 2. The lowest BCUT2D eigenvalue weighted by Crippen LogP contribution is -2.09. The van der Waals surface area contributed by atoms with Gasteiger partial charge in [0.25, 0.3) is 0 Å². The number of rotatable bonds is 2. The number of ether oxygens (including phenoxy) is 1. The molecule has 0 radical (unpaired) electrons. The Balaban J connectivity index is 2.83. The molecule has 1 aromatic rings. The summed E-state index contributed by atoms with van der Waals surface area (Å²) in [5.41, 5.74) is 6.16. The Hall–Kier alpha value is -1.65. The standard InChI is InChI=1S/C8H11N3O2/c1-5-10-4-6(8(9)11-5)3-7(12)13-2/h4H,3H2,1-2H3,(H2,9,10,11). The van der Waals surface area contributed by atoms with Crippen molar-refractivity contribution in [3.05, 3.63) is 17.6 Å². The van der Waals surface area contributed by atoms with Crippen LogP contribution in [0.2, 0.25) is 0 Å². The second kappa shape index (κ2) is 3.84. The number of anilines is 1. The molecule has 0 saturated carbocycles. The summed E-state index contributed by atoms with van der Waals surface area (Å²) in [6, 6.07) is 0. The quantitative estimate of drug-likeness (QED) is 0.654. The fraction of sp³-hybridized carbons (Fsp3) is 0.375. The van der Waals surface area contributed by atoms with Crippen molar-refractivity contribution in [3.63, 3.8) is 0 Å². The molecule has 0 aromatic carbocycles. The minimum absolute atomic E-state index is 0.114. The average Bonchev–Trinajstić information content (AvgIpc) is 2.09. The number of nitrogens with two attached hydrogens (primary N) is 1. The van der Waals surface area contributed by atoms with E-state index in [1.54, 1.807) is 6.92 Å². The van der Waals surface area contributed by atoms with E-state index >= 15 is 0 Å². The maximum Gasteiger partial charge on any atom is 0.310 e.